The molecule has 0 unspecified atom stereocenters. The molecule has 2 N–H and O–H groups in total. The summed E-state index contributed by atoms with van der Waals surface area (Å²) >= 11 is 5.96. The molecule has 5 heteroatoms. The SMILES string of the molecule is Nc1cc(-c2ccccc2Cl)cc(C(F)(F)F)c1. The Labute approximate surface area is 107 Å². The summed E-state index contributed by atoms with van der Waals surface area (Å²) in [4.78, 5) is 0. The van der Waals surface area contributed by atoms with Crippen LogP contribution in [0, 0.1) is 0 Å². The topological polar surface area (TPSA) is 26.0 Å². The molecule has 0 bridgehead atoms. The van der Waals surface area contributed by atoms with Crippen LogP contribution in [0.15, 0.2) is 42.5 Å². The van der Waals surface area contributed by atoms with Crippen LogP contribution in [-0.2, 0) is 6.18 Å². The highest BCUT2D eigenvalue weighted by Gasteiger charge is 2.31. The summed E-state index contributed by atoms with van der Waals surface area (Å²) in [5.41, 5.74) is 5.66. The van der Waals surface area contributed by atoms with Crippen molar-refractivity contribution in [3.63, 3.8) is 0 Å². The zero-order chi connectivity index (χ0) is 13.3. The average molecular weight is 272 g/mol. The zero-order valence-electron chi connectivity index (χ0n) is 9.13. The normalized spacial score (nSPS) is 11.6. The molecule has 0 aliphatic rings. The van der Waals surface area contributed by atoms with Gasteiger partial charge in [0.05, 0.1) is 5.56 Å². The van der Waals surface area contributed by atoms with Crippen LogP contribution in [0.25, 0.3) is 11.1 Å². The zero-order valence-corrected chi connectivity index (χ0v) is 9.89. The molecule has 0 aliphatic heterocycles. The first-order chi connectivity index (χ1) is 8.38. The first kappa shape index (κ1) is 12.8. The summed E-state index contributed by atoms with van der Waals surface area (Å²) in [5.74, 6) is 0. The van der Waals surface area contributed by atoms with Gasteiger partial charge in [-0.15, -0.1) is 0 Å². The first-order valence-electron chi connectivity index (χ1n) is 5.10. The smallest absolute Gasteiger partial charge is 0.399 e. The summed E-state index contributed by atoms with van der Waals surface area (Å²) in [6.45, 7) is 0. The van der Waals surface area contributed by atoms with E-state index in [-0.39, 0.29) is 5.69 Å². The number of hydrogen-bond acceptors (Lipinski definition) is 1. The lowest BCUT2D eigenvalue weighted by Gasteiger charge is -2.11. The van der Waals surface area contributed by atoms with Gasteiger partial charge < -0.3 is 5.73 Å². The number of nitrogen functional groups attached to an aromatic ring is 1. The molecule has 0 spiro atoms. The fourth-order valence-corrected chi connectivity index (χ4v) is 1.91. The summed E-state index contributed by atoms with van der Waals surface area (Å²) in [6.07, 6.45) is -4.43. The minimum absolute atomic E-state index is 0.0553. The molecule has 2 rings (SSSR count). The molecule has 0 saturated carbocycles. The van der Waals surface area contributed by atoms with Crippen molar-refractivity contribution in [2.75, 3.05) is 5.73 Å². The van der Waals surface area contributed by atoms with Gasteiger partial charge in [-0.1, -0.05) is 29.8 Å². The van der Waals surface area contributed by atoms with Crippen molar-refractivity contribution in [3.05, 3.63) is 53.1 Å². The number of benzene rings is 2. The molecule has 0 saturated heterocycles. The van der Waals surface area contributed by atoms with Crippen molar-refractivity contribution >= 4 is 17.3 Å². The van der Waals surface area contributed by atoms with E-state index in [2.05, 4.69) is 0 Å². The third-order valence-corrected chi connectivity index (χ3v) is 2.80. The van der Waals surface area contributed by atoms with Crippen LogP contribution in [-0.4, -0.2) is 0 Å². The highest BCUT2D eigenvalue weighted by Crippen LogP contribution is 2.36. The molecule has 0 heterocycles. The lowest BCUT2D eigenvalue weighted by molar-refractivity contribution is -0.137. The first-order valence-corrected chi connectivity index (χ1v) is 5.48. The summed E-state index contributed by atoms with van der Waals surface area (Å²) in [5, 5.41) is 0.385. The Balaban J connectivity index is 2.60. The largest absolute Gasteiger partial charge is 0.416 e. The number of halogens is 4. The average Bonchev–Trinajstić information content (AvgIpc) is 2.27. The molecule has 2 aromatic rings. The molecule has 0 aliphatic carbocycles. The maximum Gasteiger partial charge on any atom is 0.416 e. The Kier molecular flexibility index (Phi) is 3.22. The van der Waals surface area contributed by atoms with Crippen LogP contribution in [0.5, 0.6) is 0 Å². The number of anilines is 1. The molecular formula is C13H9ClF3N. The van der Waals surface area contributed by atoms with Crippen molar-refractivity contribution in [2.24, 2.45) is 0 Å². The molecule has 18 heavy (non-hydrogen) atoms. The van der Waals surface area contributed by atoms with E-state index in [9.17, 15) is 13.2 Å². The van der Waals surface area contributed by atoms with E-state index in [1.807, 2.05) is 0 Å². The highest BCUT2D eigenvalue weighted by atomic mass is 35.5. The van der Waals surface area contributed by atoms with Crippen LogP contribution in [0.1, 0.15) is 5.56 Å². The lowest BCUT2D eigenvalue weighted by Crippen LogP contribution is -2.06. The predicted octanol–water partition coefficient (Wildman–Crippen LogP) is 4.61. The van der Waals surface area contributed by atoms with E-state index in [1.165, 1.54) is 6.07 Å². The molecule has 0 amide bonds. The van der Waals surface area contributed by atoms with E-state index in [4.69, 9.17) is 17.3 Å². The molecule has 0 radical (unpaired) electrons. The molecule has 0 atom stereocenters. The Hall–Kier alpha value is -1.68. The van der Waals surface area contributed by atoms with Gasteiger partial charge in [0.15, 0.2) is 0 Å². The van der Waals surface area contributed by atoms with Gasteiger partial charge in [0.25, 0.3) is 0 Å². The van der Waals surface area contributed by atoms with Crippen molar-refractivity contribution < 1.29 is 13.2 Å². The van der Waals surface area contributed by atoms with Gasteiger partial charge in [-0.05, 0) is 29.8 Å². The second-order valence-corrected chi connectivity index (χ2v) is 4.23. The molecule has 94 valence electrons. The van der Waals surface area contributed by atoms with Gasteiger partial charge in [0.2, 0.25) is 0 Å². The van der Waals surface area contributed by atoms with Gasteiger partial charge in [-0.3, -0.25) is 0 Å². The van der Waals surface area contributed by atoms with E-state index >= 15 is 0 Å². The third-order valence-electron chi connectivity index (χ3n) is 2.47. The summed E-state index contributed by atoms with van der Waals surface area (Å²) < 4.78 is 38.0. The quantitative estimate of drug-likeness (QED) is 0.753. The van der Waals surface area contributed by atoms with Crippen LogP contribution >= 0.6 is 11.6 Å². The lowest BCUT2D eigenvalue weighted by atomic mass is 10.0. The minimum atomic E-state index is -4.43. The maximum atomic E-state index is 12.7. The van der Waals surface area contributed by atoms with Crippen LogP contribution in [0.2, 0.25) is 5.02 Å². The number of nitrogens with two attached hydrogens (primary N) is 1. The molecule has 0 aromatic heterocycles. The van der Waals surface area contributed by atoms with Gasteiger partial charge >= 0.3 is 6.18 Å². The monoisotopic (exact) mass is 271 g/mol. The van der Waals surface area contributed by atoms with Gasteiger partial charge in [-0.2, -0.15) is 13.2 Å². The van der Waals surface area contributed by atoms with E-state index in [1.54, 1.807) is 24.3 Å². The van der Waals surface area contributed by atoms with Gasteiger partial charge in [-0.25, -0.2) is 0 Å². The minimum Gasteiger partial charge on any atom is -0.399 e. The molecule has 0 fully saturated rings. The van der Waals surface area contributed by atoms with Crippen LogP contribution in [0.4, 0.5) is 18.9 Å². The number of rotatable bonds is 1. The Morgan fingerprint density at radius 3 is 2.28 bits per heavy atom. The fourth-order valence-electron chi connectivity index (χ4n) is 1.67. The second kappa shape index (κ2) is 4.53. The molecule has 1 nitrogen and oxygen atoms in total. The standard InChI is InChI=1S/C13H9ClF3N/c14-12-4-2-1-3-11(12)8-5-9(13(15,16)17)7-10(18)6-8/h1-7H,18H2. The molecule has 2 aromatic carbocycles. The van der Waals surface area contributed by atoms with Gasteiger partial charge in [0.1, 0.15) is 0 Å². The summed E-state index contributed by atoms with van der Waals surface area (Å²) in [6, 6.07) is 10.1. The van der Waals surface area contributed by atoms with Crippen molar-refractivity contribution in [2.45, 2.75) is 6.18 Å². The van der Waals surface area contributed by atoms with Crippen molar-refractivity contribution in [3.8, 4) is 11.1 Å². The Bertz CT molecular complexity index is 579. The highest BCUT2D eigenvalue weighted by molar-refractivity contribution is 6.33. The fraction of sp³-hybridized carbons (Fsp3) is 0.0769. The van der Waals surface area contributed by atoms with E-state index < -0.39 is 11.7 Å². The number of alkyl halides is 3. The predicted molar refractivity (Wildman–Crippen MR) is 66.3 cm³/mol. The third kappa shape index (κ3) is 2.59. The van der Waals surface area contributed by atoms with Gasteiger partial charge in [0, 0.05) is 16.3 Å². The van der Waals surface area contributed by atoms with Crippen molar-refractivity contribution in [1.29, 1.82) is 0 Å². The van der Waals surface area contributed by atoms with E-state index in [0.717, 1.165) is 12.1 Å². The Morgan fingerprint density at radius 1 is 1.00 bits per heavy atom. The van der Waals surface area contributed by atoms with E-state index in [0.29, 0.717) is 16.1 Å². The van der Waals surface area contributed by atoms with Crippen LogP contribution in [0.3, 0.4) is 0 Å². The summed E-state index contributed by atoms with van der Waals surface area (Å²) in [7, 11) is 0. The van der Waals surface area contributed by atoms with Crippen LogP contribution < -0.4 is 5.73 Å². The molecular weight excluding hydrogens is 263 g/mol. The second-order valence-electron chi connectivity index (χ2n) is 3.82. The Morgan fingerprint density at radius 2 is 1.67 bits per heavy atom. The van der Waals surface area contributed by atoms with Crippen molar-refractivity contribution in [1.82, 2.24) is 0 Å². The maximum absolute atomic E-state index is 12.7. The number of hydrogen-bond donors (Lipinski definition) is 1.